The molecule has 0 amide bonds. The van der Waals surface area contributed by atoms with E-state index in [1.54, 1.807) is 12.1 Å². The van der Waals surface area contributed by atoms with Crippen LogP contribution < -0.4 is 10.2 Å². The average Bonchev–Trinajstić information content (AvgIpc) is 2.90. The number of aryl methyl sites for hydroxylation is 1. The van der Waals surface area contributed by atoms with Gasteiger partial charge in [-0.05, 0) is 67.8 Å². The molecule has 10 heteroatoms. The highest BCUT2D eigenvalue weighted by molar-refractivity contribution is 6.34. The van der Waals surface area contributed by atoms with Gasteiger partial charge in [-0.15, -0.1) is 10.2 Å². The van der Waals surface area contributed by atoms with Crippen LogP contribution in [0.2, 0.25) is 10.0 Å². The predicted octanol–water partition coefficient (Wildman–Crippen LogP) is 6.25. The number of phenols is 1. The summed E-state index contributed by atoms with van der Waals surface area (Å²) >= 11 is 13.1. The normalized spacial score (nSPS) is 16.2. The van der Waals surface area contributed by atoms with Crippen molar-refractivity contribution in [2.45, 2.75) is 31.8 Å². The minimum absolute atomic E-state index is 0.136. The van der Waals surface area contributed by atoms with Gasteiger partial charge in [0, 0.05) is 46.2 Å². The summed E-state index contributed by atoms with van der Waals surface area (Å²) in [5.74, 6) is -0.971. The second-order valence-electron chi connectivity index (χ2n) is 10.4. The van der Waals surface area contributed by atoms with Gasteiger partial charge < -0.3 is 20.1 Å². The van der Waals surface area contributed by atoms with Crippen LogP contribution in [0, 0.1) is 24.1 Å². The standard InChI is InChI=1S/C30H26Cl2FN5O2/c1-16-6-17(8-19(31)7-16)28-29(38-4-2-21(3-5-38)35-22-14-40-15-22)25-11-23(26(32)12-27(25)36-37-28)24-10-20(33)9-18(13-34)30(24)39/h6-12,21-22,35,39H,2-5,14-15H2,1H3. The van der Waals surface area contributed by atoms with Crippen LogP contribution in [0.4, 0.5) is 10.1 Å². The van der Waals surface area contributed by atoms with E-state index in [1.165, 1.54) is 6.07 Å². The molecule has 0 aliphatic carbocycles. The SMILES string of the molecule is Cc1cc(Cl)cc(-c2nnc3cc(Cl)c(-c4cc(F)cc(C#N)c4O)cc3c2N2CCC(NC3COC3)CC2)c1. The van der Waals surface area contributed by atoms with Gasteiger partial charge in [-0.2, -0.15) is 5.26 Å². The van der Waals surface area contributed by atoms with E-state index in [0.29, 0.717) is 33.9 Å². The summed E-state index contributed by atoms with van der Waals surface area (Å²) in [5.41, 5.74) is 4.29. The first-order valence-corrected chi connectivity index (χ1v) is 13.9. The highest BCUT2D eigenvalue weighted by Gasteiger charge is 2.28. The Labute approximate surface area is 241 Å². The zero-order valence-corrected chi connectivity index (χ0v) is 23.2. The molecule has 0 unspecified atom stereocenters. The van der Waals surface area contributed by atoms with Crippen LogP contribution in [0.15, 0.2) is 42.5 Å². The number of hydrogen-bond acceptors (Lipinski definition) is 7. The van der Waals surface area contributed by atoms with Crippen LogP contribution in [0.1, 0.15) is 24.0 Å². The second kappa shape index (κ2) is 10.8. The monoisotopic (exact) mass is 577 g/mol. The van der Waals surface area contributed by atoms with E-state index >= 15 is 0 Å². The maximum absolute atomic E-state index is 14.5. The van der Waals surface area contributed by atoms with E-state index in [0.717, 1.165) is 67.4 Å². The van der Waals surface area contributed by atoms with Gasteiger partial charge in [-0.1, -0.05) is 23.2 Å². The highest BCUT2D eigenvalue weighted by atomic mass is 35.5. The van der Waals surface area contributed by atoms with Gasteiger partial charge in [0.25, 0.3) is 0 Å². The molecule has 0 saturated carbocycles. The van der Waals surface area contributed by atoms with Crippen molar-refractivity contribution in [3.05, 3.63) is 69.5 Å². The molecule has 3 aromatic carbocycles. The summed E-state index contributed by atoms with van der Waals surface area (Å²) in [6.45, 7) is 5.03. The maximum atomic E-state index is 14.5. The minimum Gasteiger partial charge on any atom is -0.506 e. The lowest BCUT2D eigenvalue weighted by Crippen LogP contribution is -2.53. The van der Waals surface area contributed by atoms with Gasteiger partial charge in [0.1, 0.15) is 23.3 Å². The van der Waals surface area contributed by atoms with Crippen LogP contribution in [0.25, 0.3) is 33.3 Å². The van der Waals surface area contributed by atoms with Gasteiger partial charge in [-0.25, -0.2) is 4.39 Å². The Kier molecular flexibility index (Phi) is 7.24. The lowest BCUT2D eigenvalue weighted by molar-refractivity contribution is -0.0111. The Balaban J connectivity index is 1.51. The molecule has 0 radical (unpaired) electrons. The van der Waals surface area contributed by atoms with Crippen molar-refractivity contribution in [3.63, 3.8) is 0 Å². The van der Waals surface area contributed by atoms with Crippen LogP contribution >= 0.6 is 23.2 Å². The summed E-state index contributed by atoms with van der Waals surface area (Å²) in [6, 6.07) is 14.1. The molecule has 7 nitrogen and oxygen atoms in total. The smallest absolute Gasteiger partial charge is 0.141 e. The third kappa shape index (κ3) is 5.06. The number of aromatic nitrogens is 2. The highest BCUT2D eigenvalue weighted by Crippen LogP contribution is 2.43. The molecule has 6 rings (SSSR count). The molecule has 0 atom stereocenters. The molecular formula is C30H26Cl2FN5O2. The van der Waals surface area contributed by atoms with E-state index in [1.807, 2.05) is 31.2 Å². The lowest BCUT2D eigenvalue weighted by Gasteiger charge is -2.38. The molecule has 2 N–H and O–H groups in total. The zero-order chi connectivity index (χ0) is 28.0. The molecule has 0 bridgehead atoms. The molecular weight excluding hydrogens is 552 g/mol. The Morgan fingerprint density at radius 1 is 1.02 bits per heavy atom. The number of hydrogen-bond donors (Lipinski definition) is 2. The molecule has 4 aromatic rings. The molecule has 2 aliphatic heterocycles. The number of aromatic hydroxyl groups is 1. The van der Waals surface area contributed by atoms with E-state index < -0.39 is 5.82 Å². The maximum Gasteiger partial charge on any atom is 0.141 e. The number of anilines is 1. The topological polar surface area (TPSA) is 94.3 Å². The first-order valence-electron chi connectivity index (χ1n) is 13.1. The summed E-state index contributed by atoms with van der Waals surface area (Å²) in [6.07, 6.45) is 1.87. The van der Waals surface area contributed by atoms with Crippen molar-refractivity contribution < 1.29 is 14.2 Å². The fourth-order valence-corrected chi connectivity index (χ4v) is 6.08. The fraction of sp³-hybridized carbons (Fsp3) is 0.300. The number of nitrogens with zero attached hydrogens (tertiary/aromatic N) is 4. The number of fused-ring (bicyclic) bond motifs is 1. The number of nitriles is 1. The molecule has 204 valence electrons. The number of halogens is 3. The van der Waals surface area contributed by atoms with Gasteiger partial charge in [0.15, 0.2) is 0 Å². The Morgan fingerprint density at radius 2 is 1.80 bits per heavy atom. The van der Waals surface area contributed by atoms with Crippen LogP contribution in [-0.2, 0) is 4.74 Å². The number of ether oxygens (including phenoxy) is 1. The van der Waals surface area contributed by atoms with Crippen LogP contribution in [0.3, 0.4) is 0 Å². The van der Waals surface area contributed by atoms with E-state index in [-0.39, 0.29) is 21.9 Å². The fourth-order valence-electron chi connectivity index (χ4n) is 5.53. The molecule has 3 heterocycles. The summed E-state index contributed by atoms with van der Waals surface area (Å²) in [4.78, 5) is 2.29. The number of phenolic OH excluding ortho intramolecular Hbond substituents is 1. The quantitative estimate of drug-likeness (QED) is 0.289. The van der Waals surface area contributed by atoms with Crippen LogP contribution in [-0.4, -0.2) is 53.7 Å². The van der Waals surface area contributed by atoms with Crippen LogP contribution in [0.5, 0.6) is 5.75 Å². The molecule has 2 saturated heterocycles. The van der Waals surface area contributed by atoms with Crippen molar-refractivity contribution in [2.75, 3.05) is 31.2 Å². The van der Waals surface area contributed by atoms with Gasteiger partial charge >= 0.3 is 0 Å². The van der Waals surface area contributed by atoms with Crippen molar-refractivity contribution in [1.29, 1.82) is 5.26 Å². The average molecular weight is 578 g/mol. The van der Waals surface area contributed by atoms with Gasteiger partial charge in [0.2, 0.25) is 0 Å². The minimum atomic E-state index is -0.643. The summed E-state index contributed by atoms with van der Waals surface area (Å²) in [5, 5.41) is 34.6. The zero-order valence-electron chi connectivity index (χ0n) is 21.7. The van der Waals surface area contributed by atoms with Crippen molar-refractivity contribution >= 4 is 39.8 Å². The first-order chi connectivity index (χ1) is 19.3. The third-order valence-electron chi connectivity index (χ3n) is 7.54. The molecule has 0 spiro atoms. The van der Waals surface area contributed by atoms with Gasteiger partial charge in [0.05, 0.1) is 41.0 Å². The first kappa shape index (κ1) is 26.7. The molecule has 1 aromatic heterocycles. The third-order valence-corrected chi connectivity index (χ3v) is 8.07. The molecule has 2 aliphatic rings. The van der Waals surface area contributed by atoms with Crippen molar-refractivity contribution in [2.24, 2.45) is 0 Å². The van der Waals surface area contributed by atoms with Crippen molar-refractivity contribution in [3.8, 4) is 34.2 Å². The second-order valence-corrected chi connectivity index (χ2v) is 11.2. The largest absolute Gasteiger partial charge is 0.506 e. The summed E-state index contributed by atoms with van der Waals surface area (Å²) in [7, 11) is 0. The number of piperidine rings is 1. The van der Waals surface area contributed by atoms with Gasteiger partial charge in [-0.3, -0.25) is 0 Å². The van der Waals surface area contributed by atoms with Crippen molar-refractivity contribution in [1.82, 2.24) is 15.5 Å². The number of nitrogens with one attached hydrogen (secondary N) is 1. The van der Waals surface area contributed by atoms with E-state index in [2.05, 4.69) is 20.4 Å². The Bertz CT molecular complexity index is 1640. The molecule has 40 heavy (non-hydrogen) atoms. The lowest BCUT2D eigenvalue weighted by atomic mass is 9.96. The van der Waals surface area contributed by atoms with E-state index in [9.17, 15) is 14.8 Å². The number of benzene rings is 3. The summed E-state index contributed by atoms with van der Waals surface area (Å²) < 4.78 is 19.8. The molecule has 2 fully saturated rings. The Morgan fingerprint density at radius 3 is 2.48 bits per heavy atom. The van der Waals surface area contributed by atoms with E-state index in [4.69, 9.17) is 27.9 Å². The predicted molar refractivity (Wildman–Crippen MR) is 154 cm³/mol. The Hall–Kier alpha value is -3.48. The number of rotatable bonds is 5.